The Kier molecular flexibility index (Phi) is 6.64. The van der Waals surface area contributed by atoms with E-state index in [9.17, 15) is 14.4 Å². The average Bonchev–Trinajstić information content (AvgIpc) is 2.84. The van der Waals surface area contributed by atoms with Crippen LogP contribution >= 0.6 is 0 Å². The standard InChI is InChI=1S/C27H23N3O4/c1-17(26(32)29-21-14-12-20(13-15-21)28-18(2)31)34-27(33)23-16-25(19-8-4-3-5-9-19)30-24-11-7-6-10-22(23)24/h3-17H,1-2H3,(H,28,31)(H,29,32)/t17-/m1/s1. The molecular weight excluding hydrogens is 430 g/mol. The van der Waals surface area contributed by atoms with E-state index in [2.05, 4.69) is 15.6 Å². The Hall–Kier alpha value is -4.52. The SMILES string of the molecule is CC(=O)Nc1ccc(NC(=O)[C@@H](C)OC(=O)c2cc(-c3ccccc3)nc3ccccc23)cc1. The summed E-state index contributed by atoms with van der Waals surface area (Å²) in [6.07, 6.45) is -1.03. The summed E-state index contributed by atoms with van der Waals surface area (Å²) in [5.41, 5.74) is 3.64. The molecule has 0 spiro atoms. The summed E-state index contributed by atoms with van der Waals surface area (Å²) in [4.78, 5) is 41.5. The molecular formula is C27H23N3O4. The number of carbonyl (C=O) groups is 3. The number of fused-ring (bicyclic) bond motifs is 1. The third-order valence-electron chi connectivity index (χ3n) is 5.13. The number of para-hydroxylation sites is 1. The van der Waals surface area contributed by atoms with Crippen LogP contribution in [0.3, 0.4) is 0 Å². The first-order valence-corrected chi connectivity index (χ1v) is 10.8. The zero-order chi connectivity index (χ0) is 24.1. The number of aromatic nitrogens is 1. The molecule has 0 saturated carbocycles. The molecule has 0 aliphatic rings. The van der Waals surface area contributed by atoms with E-state index in [1.807, 2.05) is 48.5 Å². The number of carbonyl (C=O) groups excluding carboxylic acids is 3. The smallest absolute Gasteiger partial charge is 0.339 e. The van der Waals surface area contributed by atoms with Gasteiger partial charge in [-0.05, 0) is 43.3 Å². The predicted molar refractivity (Wildman–Crippen MR) is 131 cm³/mol. The summed E-state index contributed by atoms with van der Waals surface area (Å²) in [6.45, 7) is 2.93. The van der Waals surface area contributed by atoms with Gasteiger partial charge in [-0.2, -0.15) is 0 Å². The second-order valence-corrected chi connectivity index (χ2v) is 7.73. The van der Waals surface area contributed by atoms with Crippen LogP contribution in [0, 0.1) is 0 Å². The summed E-state index contributed by atoms with van der Waals surface area (Å²) >= 11 is 0. The minimum atomic E-state index is -1.03. The van der Waals surface area contributed by atoms with Gasteiger partial charge in [-0.25, -0.2) is 9.78 Å². The number of esters is 1. The molecule has 0 radical (unpaired) electrons. The lowest BCUT2D eigenvalue weighted by Gasteiger charge is -2.15. The molecule has 0 aliphatic carbocycles. The highest BCUT2D eigenvalue weighted by molar-refractivity contribution is 6.06. The van der Waals surface area contributed by atoms with Crippen LogP contribution in [0.5, 0.6) is 0 Å². The molecule has 4 rings (SSSR count). The lowest BCUT2D eigenvalue weighted by molar-refractivity contribution is -0.123. The first kappa shape index (κ1) is 22.7. The summed E-state index contributed by atoms with van der Waals surface area (Å²) in [5.74, 6) is -1.27. The molecule has 0 unspecified atom stereocenters. The van der Waals surface area contributed by atoms with Crippen molar-refractivity contribution < 1.29 is 19.1 Å². The van der Waals surface area contributed by atoms with E-state index in [4.69, 9.17) is 4.74 Å². The van der Waals surface area contributed by atoms with Crippen molar-refractivity contribution in [2.24, 2.45) is 0 Å². The van der Waals surface area contributed by atoms with Gasteiger partial charge in [0.1, 0.15) is 0 Å². The highest BCUT2D eigenvalue weighted by atomic mass is 16.5. The Balaban J connectivity index is 1.52. The number of rotatable bonds is 6. The van der Waals surface area contributed by atoms with E-state index < -0.39 is 18.0 Å². The van der Waals surface area contributed by atoms with Crippen molar-refractivity contribution in [3.05, 3.63) is 90.5 Å². The third-order valence-corrected chi connectivity index (χ3v) is 5.13. The minimum absolute atomic E-state index is 0.184. The molecule has 4 aromatic rings. The zero-order valence-electron chi connectivity index (χ0n) is 18.7. The maximum Gasteiger partial charge on any atom is 0.339 e. The van der Waals surface area contributed by atoms with Crippen molar-refractivity contribution in [1.29, 1.82) is 0 Å². The molecule has 0 saturated heterocycles. The number of ether oxygens (including phenoxy) is 1. The van der Waals surface area contributed by atoms with E-state index in [1.54, 1.807) is 36.4 Å². The lowest BCUT2D eigenvalue weighted by Crippen LogP contribution is -2.30. The van der Waals surface area contributed by atoms with Crippen molar-refractivity contribution >= 4 is 40.1 Å². The van der Waals surface area contributed by atoms with E-state index in [0.29, 0.717) is 33.5 Å². The Bertz CT molecular complexity index is 1350. The second-order valence-electron chi connectivity index (χ2n) is 7.73. The van der Waals surface area contributed by atoms with Crippen LogP contribution in [0.2, 0.25) is 0 Å². The van der Waals surface area contributed by atoms with Gasteiger partial charge in [0.2, 0.25) is 5.91 Å². The van der Waals surface area contributed by atoms with Crippen LogP contribution in [0.1, 0.15) is 24.2 Å². The zero-order valence-corrected chi connectivity index (χ0v) is 18.7. The molecule has 3 aromatic carbocycles. The maximum atomic E-state index is 13.1. The highest BCUT2D eigenvalue weighted by Gasteiger charge is 2.22. The van der Waals surface area contributed by atoms with Crippen LogP contribution < -0.4 is 10.6 Å². The third kappa shape index (κ3) is 5.27. The van der Waals surface area contributed by atoms with Gasteiger partial charge in [0.05, 0.1) is 16.8 Å². The van der Waals surface area contributed by atoms with E-state index in [-0.39, 0.29) is 5.91 Å². The van der Waals surface area contributed by atoms with Gasteiger partial charge in [-0.3, -0.25) is 9.59 Å². The normalized spacial score (nSPS) is 11.5. The molecule has 34 heavy (non-hydrogen) atoms. The Morgan fingerprint density at radius 2 is 1.44 bits per heavy atom. The molecule has 2 amide bonds. The van der Waals surface area contributed by atoms with Crippen molar-refractivity contribution in [1.82, 2.24) is 4.98 Å². The van der Waals surface area contributed by atoms with Gasteiger partial charge in [-0.1, -0.05) is 48.5 Å². The Morgan fingerprint density at radius 3 is 2.12 bits per heavy atom. The van der Waals surface area contributed by atoms with E-state index in [0.717, 1.165) is 5.56 Å². The van der Waals surface area contributed by atoms with Crippen LogP contribution in [-0.2, 0) is 14.3 Å². The van der Waals surface area contributed by atoms with Gasteiger partial charge in [0.15, 0.2) is 6.10 Å². The topological polar surface area (TPSA) is 97.4 Å². The van der Waals surface area contributed by atoms with Gasteiger partial charge in [0, 0.05) is 29.2 Å². The van der Waals surface area contributed by atoms with Crippen molar-refractivity contribution in [2.45, 2.75) is 20.0 Å². The van der Waals surface area contributed by atoms with E-state index >= 15 is 0 Å². The van der Waals surface area contributed by atoms with E-state index in [1.165, 1.54) is 13.8 Å². The molecule has 7 heteroatoms. The van der Waals surface area contributed by atoms with Gasteiger partial charge in [0.25, 0.3) is 5.91 Å². The molecule has 2 N–H and O–H groups in total. The van der Waals surface area contributed by atoms with Gasteiger partial charge < -0.3 is 15.4 Å². The quantitative estimate of drug-likeness (QED) is 0.399. The Labute approximate surface area is 196 Å². The Morgan fingerprint density at radius 1 is 0.824 bits per heavy atom. The van der Waals surface area contributed by atoms with Crippen molar-refractivity contribution in [2.75, 3.05) is 10.6 Å². The number of hydrogen-bond acceptors (Lipinski definition) is 5. The summed E-state index contributed by atoms with van der Waals surface area (Å²) in [7, 11) is 0. The lowest BCUT2D eigenvalue weighted by atomic mass is 10.0. The molecule has 1 aromatic heterocycles. The first-order valence-electron chi connectivity index (χ1n) is 10.8. The number of nitrogens with zero attached hydrogens (tertiary/aromatic N) is 1. The van der Waals surface area contributed by atoms with Crippen LogP contribution in [-0.4, -0.2) is 28.9 Å². The number of anilines is 2. The molecule has 170 valence electrons. The van der Waals surface area contributed by atoms with Crippen LogP contribution in [0.15, 0.2) is 84.9 Å². The maximum absolute atomic E-state index is 13.1. The highest BCUT2D eigenvalue weighted by Crippen LogP contribution is 2.25. The minimum Gasteiger partial charge on any atom is -0.449 e. The number of nitrogens with one attached hydrogen (secondary N) is 2. The molecule has 7 nitrogen and oxygen atoms in total. The molecule has 1 heterocycles. The number of amides is 2. The summed E-state index contributed by atoms with van der Waals surface area (Å²) in [5, 5.41) is 6.02. The molecule has 0 bridgehead atoms. The molecule has 1 atom stereocenters. The number of pyridine rings is 1. The summed E-state index contributed by atoms with van der Waals surface area (Å²) < 4.78 is 5.51. The monoisotopic (exact) mass is 453 g/mol. The van der Waals surface area contributed by atoms with Crippen LogP contribution in [0.4, 0.5) is 11.4 Å². The molecule has 0 aliphatic heterocycles. The average molecular weight is 453 g/mol. The number of hydrogen-bond donors (Lipinski definition) is 2. The predicted octanol–water partition coefficient (Wildman–Crippen LogP) is 5.04. The number of benzene rings is 3. The fourth-order valence-electron chi connectivity index (χ4n) is 3.46. The molecule has 0 fully saturated rings. The van der Waals surface area contributed by atoms with Crippen molar-refractivity contribution in [3.8, 4) is 11.3 Å². The largest absolute Gasteiger partial charge is 0.449 e. The second kappa shape index (κ2) is 9.95. The van der Waals surface area contributed by atoms with Crippen molar-refractivity contribution in [3.63, 3.8) is 0 Å². The fraction of sp³-hybridized carbons (Fsp3) is 0.111. The fourth-order valence-corrected chi connectivity index (χ4v) is 3.46. The van der Waals surface area contributed by atoms with Gasteiger partial charge >= 0.3 is 5.97 Å². The van der Waals surface area contributed by atoms with Gasteiger partial charge in [-0.15, -0.1) is 0 Å². The van der Waals surface area contributed by atoms with Crippen LogP contribution in [0.25, 0.3) is 22.2 Å². The first-order chi connectivity index (χ1) is 16.4. The summed E-state index contributed by atoms with van der Waals surface area (Å²) in [6, 6.07) is 25.2.